The SMILES string of the molecule is Cc1ccc(-n2c(=O)c(Br)c(CSCc3c(Br)c(=O)n(-c4ccc(C)cc4)n3C)n2C)cc1. The van der Waals surface area contributed by atoms with E-state index in [2.05, 4.69) is 31.9 Å². The number of benzene rings is 2. The number of thioether (sulfide) groups is 1. The lowest BCUT2D eigenvalue weighted by molar-refractivity contribution is 0.625. The molecule has 4 rings (SSSR count). The maximum atomic E-state index is 12.9. The van der Waals surface area contributed by atoms with Gasteiger partial charge in [0, 0.05) is 25.6 Å². The van der Waals surface area contributed by atoms with Crippen molar-refractivity contribution in [2.75, 3.05) is 0 Å². The molecule has 2 aromatic heterocycles. The number of aromatic nitrogens is 4. The molecule has 0 N–H and O–H groups in total. The first-order chi connectivity index (χ1) is 15.7. The van der Waals surface area contributed by atoms with E-state index in [1.54, 1.807) is 21.1 Å². The highest BCUT2D eigenvalue weighted by atomic mass is 79.9. The molecule has 0 bridgehead atoms. The number of nitrogens with zero attached hydrogens (tertiary/aromatic N) is 4. The summed E-state index contributed by atoms with van der Waals surface area (Å²) >= 11 is 8.64. The van der Waals surface area contributed by atoms with Crippen LogP contribution in [-0.4, -0.2) is 18.7 Å². The van der Waals surface area contributed by atoms with Crippen LogP contribution in [0.15, 0.2) is 67.1 Å². The molecule has 0 atom stereocenters. The van der Waals surface area contributed by atoms with Gasteiger partial charge in [-0.2, -0.15) is 0 Å². The van der Waals surface area contributed by atoms with Crippen molar-refractivity contribution in [1.29, 1.82) is 0 Å². The van der Waals surface area contributed by atoms with Gasteiger partial charge in [0.05, 0.1) is 22.8 Å². The number of hydrogen-bond donors (Lipinski definition) is 0. The summed E-state index contributed by atoms with van der Waals surface area (Å²) in [5, 5.41) is 0. The zero-order valence-electron chi connectivity index (χ0n) is 18.8. The van der Waals surface area contributed by atoms with Gasteiger partial charge in [0.2, 0.25) is 0 Å². The number of aryl methyl sites for hydroxylation is 2. The molecule has 2 heterocycles. The summed E-state index contributed by atoms with van der Waals surface area (Å²) in [4.78, 5) is 25.8. The van der Waals surface area contributed by atoms with E-state index in [1.807, 2.05) is 85.8 Å². The van der Waals surface area contributed by atoms with Crippen LogP contribution in [0.2, 0.25) is 0 Å². The first-order valence-corrected chi connectivity index (χ1v) is 13.1. The van der Waals surface area contributed by atoms with Crippen molar-refractivity contribution >= 4 is 43.6 Å². The highest BCUT2D eigenvalue weighted by molar-refractivity contribution is 9.10. The van der Waals surface area contributed by atoms with Crippen molar-refractivity contribution in [1.82, 2.24) is 18.7 Å². The van der Waals surface area contributed by atoms with Crippen molar-refractivity contribution < 1.29 is 0 Å². The standard InChI is InChI=1S/C24H24Br2N4O2S/c1-15-5-9-17(10-6-15)29-23(31)21(25)19(27(29)3)13-33-14-20-22(26)24(32)30(28(20)4)18-11-7-16(2)8-12-18/h5-12H,13-14H2,1-4H3. The second kappa shape index (κ2) is 9.56. The third kappa shape index (κ3) is 4.46. The Hall–Kier alpha value is -2.23. The highest BCUT2D eigenvalue weighted by Crippen LogP contribution is 2.26. The molecule has 0 aliphatic heterocycles. The summed E-state index contributed by atoms with van der Waals surface area (Å²) in [6, 6.07) is 15.8. The molecule has 2 aromatic carbocycles. The van der Waals surface area contributed by atoms with Gasteiger partial charge in [-0.1, -0.05) is 35.4 Å². The van der Waals surface area contributed by atoms with Gasteiger partial charge in [-0.25, -0.2) is 9.36 Å². The summed E-state index contributed by atoms with van der Waals surface area (Å²) in [6.45, 7) is 4.04. The fourth-order valence-electron chi connectivity index (χ4n) is 3.74. The van der Waals surface area contributed by atoms with Gasteiger partial charge in [0.1, 0.15) is 8.95 Å². The Kier molecular flexibility index (Phi) is 6.93. The Labute approximate surface area is 213 Å². The van der Waals surface area contributed by atoms with Crippen LogP contribution in [0.25, 0.3) is 11.4 Å². The quantitative estimate of drug-likeness (QED) is 0.308. The fraction of sp³-hybridized carbons (Fsp3) is 0.250. The van der Waals surface area contributed by atoms with Crippen LogP contribution >= 0.6 is 43.6 Å². The zero-order valence-corrected chi connectivity index (χ0v) is 22.8. The van der Waals surface area contributed by atoms with E-state index >= 15 is 0 Å². The van der Waals surface area contributed by atoms with Crippen LogP contribution in [0.5, 0.6) is 0 Å². The van der Waals surface area contributed by atoms with Crippen molar-refractivity contribution in [3.05, 3.63) is 101 Å². The van der Waals surface area contributed by atoms with Crippen molar-refractivity contribution in [2.45, 2.75) is 25.4 Å². The lowest BCUT2D eigenvalue weighted by Crippen LogP contribution is -2.19. The first kappa shape index (κ1) is 23.9. The summed E-state index contributed by atoms with van der Waals surface area (Å²) in [7, 11) is 3.78. The van der Waals surface area contributed by atoms with E-state index in [0.29, 0.717) is 20.5 Å². The lowest BCUT2D eigenvalue weighted by Gasteiger charge is -2.12. The van der Waals surface area contributed by atoms with Crippen molar-refractivity contribution in [3.8, 4) is 11.4 Å². The average Bonchev–Trinajstić information content (AvgIpc) is 3.13. The van der Waals surface area contributed by atoms with Crippen molar-refractivity contribution in [3.63, 3.8) is 0 Å². The number of rotatable bonds is 6. The normalized spacial score (nSPS) is 11.3. The maximum absolute atomic E-state index is 12.9. The molecule has 172 valence electrons. The Balaban J connectivity index is 1.58. The minimum atomic E-state index is -0.0870. The predicted octanol–water partition coefficient (Wildman–Crippen LogP) is 5.24. The number of halogens is 2. The minimum absolute atomic E-state index is 0.0870. The molecule has 0 saturated carbocycles. The molecule has 0 fully saturated rings. The fourth-order valence-corrected chi connectivity index (χ4v) is 6.39. The van der Waals surface area contributed by atoms with Gasteiger partial charge in [-0.3, -0.25) is 19.0 Å². The molecule has 0 saturated heterocycles. The molecular formula is C24H24Br2N4O2S. The van der Waals surface area contributed by atoms with E-state index < -0.39 is 0 Å². The summed E-state index contributed by atoms with van der Waals surface area (Å²) in [6.07, 6.45) is 0. The minimum Gasteiger partial charge on any atom is -0.283 e. The van der Waals surface area contributed by atoms with Crippen LogP contribution in [0.1, 0.15) is 22.5 Å². The van der Waals surface area contributed by atoms with E-state index in [4.69, 9.17) is 0 Å². The van der Waals surface area contributed by atoms with E-state index in [9.17, 15) is 9.59 Å². The molecule has 9 heteroatoms. The zero-order chi connectivity index (χ0) is 23.9. The molecule has 0 amide bonds. The first-order valence-electron chi connectivity index (χ1n) is 10.3. The van der Waals surface area contributed by atoms with Gasteiger partial charge >= 0.3 is 0 Å². The Morgan fingerprint density at radius 3 is 1.33 bits per heavy atom. The second-order valence-corrected chi connectivity index (χ2v) is 10.5. The van der Waals surface area contributed by atoms with Crippen LogP contribution < -0.4 is 11.1 Å². The third-order valence-electron chi connectivity index (χ3n) is 5.68. The van der Waals surface area contributed by atoms with Crippen LogP contribution in [-0.2, 0) is 25.6 Å². The van der Waals surface area contributed by atoms with Gasteiger partial charge in [0.25, 0.3) is 11.1 Å². The van der Waals surface area contributed by atoms with E-state index in [-0.39, 0.29) is 11.1 Å². The predicted molar refractivity (Wildman–Crippen MR) is 142 cm³/mol. The maximum Gasteiger partial charge on any atom is 0.286 e. The van der Waals surface area contributed by atoms with Gasteiger partial charge < -0.3 is 0 Å². The molecular weight excluding hydrogens is 568 g/mol. The molecule has 4 aromatic rings. The second-order valence-electron chi connectivity index (χ2n) is 7.97. The largest absolute Gasteiger partial charge is 0.286 e. The molecule has 0 unspecified atom stereocenters. The molecule has 0 aliphatic rings. The van der Waals surface area contributed by atoms with Crippen LogP contribution in [0.4, 0.5) is 0 Å². The summed E-state index contributed by atoms with van der Waals surface area (Å²) in [5.41, 5.74) is 5.55. The molecule has 0 spiro atoms. The Bertz CT molecular complexity index is 1320. The van der Waals surface area contributed by atoms with Crippen LogP contribution in [0.3, 0.4) is 0 Å². The molecule has 33 heavy (non-hydrogen) atoms. The highest BCUT2D eigenvalue weighted by Gasteiger charge is 2.20. The monoisotopic (exact) mass is 590 g/mol. The van der Waals surface area contributed by atoms with Crippen LogP contribution in [0, 0.1) is 13.8 Å². The van der Waals surface area contributed by atoms with Gasteiger partial charge in [-0.15, -0.1) is 11.8 Å². The molecule has 6 nitrogen and oxygen atoms in total. The van der Waals surface area contributed by atoms with E-state index in [0.717, 1.165) is 33.9 Å². The number of hydrogen-bond acceptors (Lipinski definition) is 3. The Morgan fingerprint density at radius 1 is 0.667 bits per heavy atom. The smallest absolute Gasteiger partial charge is 0.283 e. The molecule has 0 aliphatic carbocycles. The molecule has 0 radical (unpaired) electrons. The summed E-state index contributed by atoms with van der Waals surface area (Å²) < 4.78 is 8.22. The topological polar surface area (TPSA) is 53.9 Å². The third-order valence-corrected chi connectivity index (χ3v) is 8.23. The van der Waals surface area contributed by atoms with Crippen molar-refractivity contribution in [2.24, 2.45) is 14.1 Å². The Morgan fingerprint density at radius 2 is 1.00 bits per heavy atom. The average molecular weight is 592 g/mol. The van der Waals surface area contributed by atoms with Gasteiger partial charge in [-0.05, 0) is 70.0 Å². The lowest BCUT2D eigenvalue weighted by atomic mass is 10.2. The van der Waals surface area contributed by atoms with Gasteiger partial charge in [0.15, 0.2) is 0 Å². The van der Waals surface area contributed by atoms with E-state index in [1.165, 1.54) is 0 Å². The summed E-state index contributed by atoms with van der Waals surface area (Å²) in [5.74, 6) is 1.23.